The smallest absolute Gasteiger partial charge is 0.343 e. The molecule has 0 aliphatic heterocycles. The Bertz CT molecular complexity index is 1010. The monoisotopic (exact) mass is 312 g/mol. The predicted octanol–water partition coefficient (Wildman–Crippen LogP) is 4.97. The number of benzene rings is 1. The van der Waals surface area contributed by atoms with Crippen LogP contribution in [-0.2, 0) is 6.42 Å². The van der Waals surface area contributed by atoms with E-state index in [4.69, 9.17) is 20.4 Å². The van der Waals surface area contributed by atoms with E-state index in [1.807, 2.05) is 26.0 Å². The lowest BCUT2D eigenvalue weighted by molar-refractivity contribution is 0.475. The number of hydrogen-bond acceptors (Lipinski definition) is 3. The maximum atomic E-state index is 12.2. The molecule has 0 bridgehead atoms. The fraction of sp³-hybridized carbons (Fsp3) is 0.167. The molecule has 0 fully saturated rings. The molecule has 110 valence electrons. The summed E-state index contributed by atoms with van der Waals surface area (Å²) >= 11 is 6.02. The molecule has 0 saturated carbocycles. The fourth-order valence-electron chi connectivity index (χ4n) is 3.01. The summed E-state index contributed by atoms with van der Waals surface area (Å²) in [4.78, 5) is 12.2. The highest BCUT2D eigenvalue weighted by molar-refractivity contribution is 6.31. The van der Waals surface area contributed by atoms with Crippen molar-refractivity contribution in [1.29, 1.82) is 0 Å². The summed E-state index contributed by atoms with van der Waals surface area (Å²) in [6, 6.07) is 7.30. The van der Waals surface area contributed by atoms with Crippen molar-refractivity contribution in [1.82, 2.24) is 0 Å². The Balaban J connectivity index is 2.20. The largest absolute Gasteiger partial charge is 0.461 e. The van der Waals surface area contributed by atoms with Gasteiger partial charge in [-0.2, -0.15) is 0 Å². The predicted molar refractivity (Wildman–Crippen MR) is 87.3 cm³/mol. The van der Waals surface area contributed by atoms with Crippen LogP contribution in [-0.4, -0.2) is 0 Å². The van der Waals surface area contributed by atoms with Gasteiger partial charge in [0.25, 0.3) is 0 Å². The Hall–Kier alpha value is -2.26. The molecule has 0 amide bonds. The molecule has 0 N–H and O–H groups in total. The minimum Gasteiger partial charge on any atom is -0.461 e. The van der Waals surface area contributed by atoms with E-state index in [0.717, 1.165) is 33.6 Å². The van der Waals surface area contributed by atoms with Crippen LogP contribution < -0.4 is 5.63 Å². The van der Waals surface area contributed by atoms with Crippen molar-refractivity contribution in [2.75, 3.05) is 0 Å². The average molecular weight is 313 g/mol. The van der Waals surface area contributed by atoms with Crippen molar-refractivity contribution >= 4 is 27.9 Å². The van der Waals surface area contributed by atoms with Gasteiger partial charge in [-0.25, -0.2) is 4.79 Å². The first kappa shape index (κ1) is 13.4. The van der Waals surface area contributed by atoms with Crippen LogP contribution in [0.25, 0.3) is 27.7 Å². The second-order valence-corrected chi connectivity index (χ2v) is 6.01. The summed E-state index contributed by atoms with van der Waals surface area (Å²) < 4.78 is 11.5. The van der Waals surface area contributed by atoms with Gasteiger partial charge >= 0.3 is 5.63 Å². The summed E-state index contributed by atoms with van der Waals surface area (Å²) in [5.41, 5.74) is 2.64. The first-order valence-electron chi connectivity index (χ1n) is 7.08. The van der Waals surface area contributed by atoms with E-state index in [0.29, 0.717) is 22.6 Å². The number of rotatable bonds is 0. The summed E-state index contributed by atoms with van der Waals surface area (Å²) in [5.74, 6) is 2.22. The minimum absolute atomic E-state index is 0.367. The normalized spacial score (nSPS) is 13.5. The molecule has 0 radical (unpaired) electrons. The van der Waals surface area contributed by atoms with E-state index >= 15 is 0 Å². The number of hydrogen-bond donors (Lipinski definition) is 0. The van der Waals surface area contributed by atoms with Gasteiger partial charge in [0, 0.05) is 22.4 Å². The SMILES string of the molecule is CC1=CCc2oc(=O)c3cc(Cl)ccc3c2-c2oc(C)cc21. The third-order valence-electron chi connectivity index (χ3n) is 4.07. The van der Waals surface area contributed by atoms with E-state index in [-0.39, 0.29) is 5.63 Å². The molecule has 0 spiro atoms. The zero-order valence-electron chi connectivity index (χ0n) is 12.2. The summed E-state index contributed by atoms with van der Waals surface area (Å²) in [6.45, 7) is 3.95. The number of aryl methyl sites for hydroxylation is 1. The standard InChI is InChI=1S/C18H13ClO3/c1-9-3-6-15-16(17-13(9)7-10(2)21-17)12-5-4-11(19)8-14(12)18(20)22-15/h3-5,7-8H,6H2,1-2H3. The maximum absolute atomic E-state index is 12.2. The van der Waals surface area contributed by atoms with E-state index < -0.39 is 0 Å². The Morgan fingerprint density at radius 2 is 1.91 bits per heavy atom. The van der Waals surface area contributed by atoms with Gasteiger partial charge in [-0.15, -0.1) is 0 Å². The van der Waals surface area contributed by atoms with Gasteiger partial charge in [0.05, 0.1) is 10.9 Å². The van der Waals surface area contributed by atoms with Crippen LogP contribution in [0.2, 0.25) is 5.02 Å². The van der Waals surface area contributed by atoms with Crippen molar-refractivity contribution in [3.8, 4) is 11.3 Å². The Morgan fingerprint density at radius 1 is 1.09 bits per heavy atom. The van der Waals surface area contributed by atoms with Gasteiger partial charge in [-0.3, -0.25) is 0 Å². The minimum atomic E-state index is -0.367. The lowest BCUT2D eigenvalue weighted by Crippen LogP contribution is -2.04. The molecule has 1 aliphatic rings. The third-order valence-corrected chi connectivity index (χ3v) is 4.30. The molecule has 1 aromatic carbocycles. The van der Waals surface area contributed by atoms with Crippen LogP contribution in [0.15, 0.2) is 44.0 Å². The highest BCUT2D eigenvalue weighted by Crippen LogP contribution is 2.40. The molecular formula is C18H13ClO3. The average Bonchev–Trinajstić information content (AvgIpc) is 2.81. The Kier molecular flexibility index (Phi) is 2.81. The molecule has 3 aromatic rings. The van der Waals surface area contributed by atoms with Gasteiger partial charge in [0.2, 0.25) is 0 Å². The molecule has 2 heterocycles. The van der Waals surface area contributed by atoms with Crippen molar-refractivity contribution in [2.45, 2.75) is 20.3 Å². The highest BCUT2D eigenvalue weighted by atomic mass is 35.5. The van der Waals surface area contributed by atoms with Crippen LogP contribution >= 0.6 is 11.6 Å². The molecule has 4 heteroatoms. The van der Waals surface area contributed by atoms with Crippen LogP contribution in [0.4, 0.5) is 0 Å². The number of halogens is 1. The van der Waals surface area contributed by atoms with Crippen molar-refractivity contribution in [3.05, 3.63) is 62.9 Å². The number of allylic oxidation sites excluding steroid dienone is 2. The number of fused-ring (bicyclic) bond motifs is 5. The van der Waals surface area contributed by atoms with Crippen molar-refractivity contribution in [3.63, 3.8) is 0 Å². The van der Waals surface area contributed by atoms with E-state index in [9.17, 15) is 4.79 Å². The topological polar surface area (TPSA) is 43.4 Å². The van der Waals surface area contributed by atoms with Gasteiger partial charge in [-0.05, 0) is 37.6 Å². The lowest BCUT2D eigenvalue weighted by Gasteiger charge is -2.08. The Morgan fingerprint density at radius 3 is 2.73 bits per heavy atom. The molecule has 4 rings (SSSR count). The van der Waals surface area contributed by atoms with Crippen molar-refractivity contribution in [2.24, 2.45) is 0 Å². The molecule has 0 unspecified atom stereocenters. The van der Waals surface area contributed by atoms with Crippen LogP contribution in [0.1, 0.15) is 24.0 Å². The second kappa shape index (κ2) is 4.62. The van der Waals surface area contributed by atoms with Gasteiger partial charge in [0.1, 0.15) is 17.3 Å². The molecule has 3 nitrogen and oxygen atoms in total. The van der Waals surface area contributed by atoms with E-state index in [1.165, 1.54) is 0 Å². The van der Waals surface area contributed by atoms with E-state index in [2.05, 4.69) is 6.08 Å². The third kappa shape index (κ3) is 1.86. The lowest BCUT2D eigenvalue weighted by atomic mass is 10.0. The summed E-state index contributed by atoms with van der Waals surface area (Å²) in [6.07, 6.45) is 2.63. The molecule has 0 atom stereocenters. The zero-order valence-corrected chi connectivity index (χ0v) is 13.0. The van der Waals surface area contributed by atoms with Gasteiger partial charge in [-0.1, -0.05) is 23.7 Å². The fourth-order valence-corrected chi connectivity index (χ4v) is 3.18. The second-order valence-electron chi connectivity index (χ2n) is 5.57. The number of furan rings is 1. The van der Waals surface area contributed by atoms with Crippen LogP contribution in [0.3, 0.4) is 0 Å². The molecule has 1 aliphatic carbocycles. The maximum Gasteiger partial charge on any atom is 0.343 e. The van der Waals surface area contributed by atoms with Crippen LogP contribution in [0.5, 0.6) is 0 Å². The summed E-state index contributed by atoms with van der Waals surface area (Å²) in [7, 11) is 0. The van der Waals surface area contributed by atoms with Gasteiger partial charge < -0.3 is 8.83 Å². The summed E-state index contributed by atoms with van der Waals surface area (Å²) in [5, 5.41) is 1.80. The Labute approximate surface area is 131 Å². The highest BCUT2D eigenvalue weighted by Gasteiger charge is 2.24. The first-order chi connectivity index (χ1) is 10.5. The molecule has 22 heavy (non-hydrogen) atoms. The zero-order chi connectivity index (χ0) is 15.4. The molecule has 0 saturated heterocycles. The van der Waals surface area contributed by atoms with Crippen molar-refractivity contribution < 1.29 is 8.83 Å². The van der Waals surface area contributed by atoms with Gasteiger partial charge in [0.15, 0.2) is 0 Å². The quantitative estimate of drug-likeness (QED) is 0.588. The molecule has 2 aromatic heterocycles. The van der Waals surface area contributed by atoms with E-state index in [1.54, 1.807) is 12.1 Å². The molecular weight excluding hydrogens is 300 g/mol. The van der Waals surface area contributed by atoms with Crippen LogP contribution in [0, 0.1) is 6.92 Å². The first-order valence-corrected chi connectivity index (χ1v) is 7.45.